The Kier molecular flexibility index (Phi) is 4.20. The predicted octanol–water partition coefficient (Wildman–Crippen LogP) is 3.41. The van der Waals surface area contributed by atoms with E-state index in [1.165, 1.54) is 5.56 Å². The maximum atomic E-state index is 5.33. The highest BCUT2D eigenvalue weighted by atomic mass is 32.2. The van der Waals surface area contributed by atoms with Crippen LogP contribution in [0.1, 0.15) is 30.2 Å². The van der Waals surface area contributed by atoms with E-state index in [0.29, 0.717) is 17.7 Å². The third kappa shape index (κ3) is 3.60. The highest BCUT2D eigenvalue weighted by Gasteiger charge is 2.07. The highest BCUT2D eigenvalue weighted by Crippen LogP contribution is 2.22. The summed E-state index contributed by atoms with van der Waals surface area (Å²) in [7, 11) is 0. The van der Waals surface area contributed by atoms with E-state index in [9.17, 15) is 0 Å². The number of thioether (sulfide) groups is 1. The van der Waals surface area contributed by atoms with Gasteiger partial charge >= 0.3 is 0 Å². The molecule has 0 radical (unpaired) electrons. The van der Waals surface area contributed by atoms with E-state index in [0.717, 1.165) is 11.5 Å². The van der Waals surface area contributed by atoms with Gasteiger partial charge in [-0.15, -0.1) is 10.2 Å². The molecular formula is C13H16N2OS. The van der Waals surface area contributed by atoms with Gasteiger partial charge in [0, 0.05) is 12.7 Å². The third-order valence-corrected chi connectivity index (χ3v) is 3.72. The number of aromatic nitrogens is 2. The second-order valence-electron chi connectivity index (χ2n) is 4.04. The molecule has 3 nitrogen and oxygen atoms in total. The molecule has 0 aliphatic heterocycles. The zero-order valence-corrected chi connectivity index (χ0v) is 10.9. The van der Waals surface area contributed by atoms with Gasteiger partial charge in [-0.1, -0.05) is 37.3 Å². The van der Waals surface area contributed by atoms with Gasteiger partial charge in [0.15, 0.2) is 0 Å². The summed E-state index contributed by atoms with van der Waals surface area (Å²) in [5.41, 5.74) is 1.38. The van der Waals surface area contributed by atoms with Gasteiger partial charge in [-0.2, -0.15) is 11.8 Å². The van der Waals surface area contributed by atoms with Crippen LogP contribution in [0.25, 0.3) is 0 Å². The minimum Gasteiger partial charge on any atom is -0.425 e. The summed E-state index contributed by atoms with van der Waals surface area (Å²) in [5.74, 6) is 3.75. The number of rotatable bonds is 5. The topological polar surface area (TPSA) is 38.9 Å². The Hall–Kier alpha value is -1.29. The Morgan fingerprint density at radius 2 is 2.00 bits per heavy atom. The van der Waals surface area contributed by atoms with Crippen LogP contribution in [0.2, 0.25) is 0 Å². The van der Waals surface area contributed by atoms with E-state index in [4.69, 9.17) is 4.42 Å². The smallest absolute Gasteiger partial charge is 0.226 e. The first-order chi connectivity index (χ1) is 8.25. The van der Waals surface area contributed by atoms with E-state index in [1.807, 2.05) is 24.8 Å². The molecule has 0 amide bonds. The first-order valence-corrected chi connectivity index (χ1v) is 6.83. The lowest BCUT2D eigenvalue weighted by Crippen LogP contribution is -1.97. The summed E-state index contributed by atoms with van der Waals surface area (Å²) >= 11 is 1.83. The maximum absolute atomic E-state index is 5.33. The Balaban J connectivity index is 1.79. The first-order valence-electron chi connectivity index (χ1n) is 5.67. The lowest BCUT2D eigenvalue weighted by molar-refractivity contribution is 0.485. The fourth-order valence-electron chi connectivity index (χ4n) is 1.60. The van der Waals surface area contributed by atoms with Crippen LogP contribution in [0, 0.1) is 6.92 Å². The summed E-state index contributed by atoms with van der Waals surface area (Å²) in [6, 6.07) is 10.5. The van der Waals surface area contributed by atoms with Crippen molar-refractivity contribution in [2.75, 3.05) is 5.75 Å². The van der Waals surface area contributed by atoms with Crippen molar-refractivity contribution < 1.29 is 4.42 Å². The van der Waals surface area contributed by atoms with Crippen molar-refractivity contribution in [2.45, 2.75) is 25.5 Å². The fourth-order valence-corrected chi connectivity index (χ4v) is 2.55. The molecule has 0 spiro atoms. The van der Waals surface area contributed by atoms with Crippen molar-refractivity contribution in [3.8, 4) is 0 Å². The van der Waals surface area contributed by atoms with E-state index in [1.54, 1.807) is 0 Å². The average Bonchev–Trinajstić information content (AvgIpc) is 2.76. The fraction of sp³-hybridized carbons (Fsp3) is 0.385. The third-order valence-electron chi connectivity index (χ3n) is 2.53. The SMILES string of the molecule is Cc1nnc(CSC[C@@H](C)c2ccccc2)o1. The van der Waals surface area contributed by atoms with E-state index in [-0.39, 0.29) is 0 Å². The molecule has 2 aromatic rings. The molecule has 1 aromatic carbocycles. The Bertz CT molecular complexity index is 455. The van der Waals surface area contributed by atoms with E-state index < -0.39 is 0 Å². The lowest BCUT2D eigenvalue weighted by Gasteiger charge is -2.10. The predicted molar refractivity (Wildman–Crippen MR) is 70.1 cm³/mol. The Morgan fingerprint density at radius 3 is 2.65 bits per heavy atom. The molecule has 1 aromatic heterocycles. The van der Waals surface area contributed by atoms with Crippen molar-refractivity contribution in [2.24, 2.45) is 0 Å². The van der Waals surface area contributed by atoms with Gasteiger partial charge in [0.2, 0.25) is 11.8 Å². The van der Waals surface area contributed by atoms with Gasteiger partial charge in [0.1, 0.15) is 0 Å². The second-order valence-corrected chi connectivity index (χ2v) is 5.07. The molecule has 0 aliphatic rings. The molecule has 0 saturated carbocycles. The minimum absolute atomic E-state index is 0.546. The summed E-state index contributed by atoms with van der Waals surface area (Å²) in [4.78, 5) is 0. The van der Waals surface area contributed by atoms with Gasteiger partial charge in [0.05, 0.1) is 5.75 Å². The van der Waals surface area contributed by atoms with Crippen LogP contribution in [0.4, 0.5) is 0 Å². The van der Waals surface area contributed by atoms with Crippen molar-refractivity contribution in [3.63, 3.8) is 0 Å². The maximum Gasteiger partial charge on any atom is 0.226 e. The second kappa shape index (κ2) is 5.87. The molecule has 0 aliphatic carbocycles. The molecule has 90 valence electrons. The standard InChI is InChI=1S/C13H16N2OS/c1-10(12-6-4-3-5-7-12)8-17-9-13-15-14-11(2)16-13/h3-7,10H,8-9H2,1-2H3/t10-/m1/s1. The Labute approximate surface area is 106 Å². The molecule has 0 saturated heterocycles. The number of aryl methyl sites for hydroxylation is 1. The van der Waals surface area contributed by atoms with Crippen LogP contribution < -0.4 is 0 Å². The summed E-state index contributed by atoms with van der Waals surface area (Å²) in [5, 5.41) is 7.79. The lowest BCUT2D eigenvalue weighted by atomic mass is 10.0. The zero-order chi connectivity index (χ0) is 12.1. The van der Waals surface area contributed by atoms with Crippen molar-refractivity contribution in [1.29, 1.82) is 0 Å². The van der Waals surface area contributed by atoms with Gasteiger partial charge in [-0.3, -0.25) is 0 Å². The van der Waals surface area contributed by atoms with Crippen LogP contribution in [0.5, 0.6) is 0 Å². The summed E-state index contributed by atoms with van der Waals surface area (Å²) < 4.78 is 5.33. The van der Waals surface area contributed by atoms with Crippen molar-refractivity contribution in [1.82, 2.24) is 10.2 Å². The summed E-state index contributed by atoms with van der Waals surface area (Å²) in [6.07, 6.45) is 0. The van der Waals surface area contributed by atoms with Crippen LogP contribution >= 0.6 is 11.8 Å². The minimum atomic E-state index is 0.546. The van der Waals surface area contributed by atoms with Crippen LogP contribution in [0.3, 0.4) is 0 Å². The van der Waals surface area contributed by atoms with E-state index in [2.05, 4.69) is 41.4 Å². The van der Waals surface area contributed by atoms with Gasteiger partial charge in [-0.25, -0.2) is 0 Å². The largest absolute Gasteiger partial charge is 0.425 e. The van der Waals surface area contributed by atoms with Gasteiger partial charge in [0.25, 0.3) is 0 Å². The Morgan fingerprint density at radius 1 is 1.24 bits per heavy atom. The molecule has 0 unspecified atom stereocenters. The number of hydrogen-bond donors (Lipinski definition) is 0. The molecule has 17 heavy (non-hydrogen) atoms. The zero-order valence-electron chi connectivity index (χ0n) is 10.1. The summed E-state index contributed by atoms with van der Waals surface area (Å²) in [6.45, 7) is 4.05. The molecule has 2 rings (SSSR count). The van der Waals surface area contributed by atoms with Crippen molar-refractivity contribution >= 4 is 11.8 Å². The number of nitrogens with zero attached hydrogens (tertiary/aromatic N) is 2. The van der Waals surface area contributed by atoms with Crippen molar-refractivity contribution in [3.05, 3.63) is 47.7 Å². The number of hydrogen-bond acceptors (Lipinski definition) is 4. The molecule has 0 fully saturated rings. The molecule has 4 heteroatoms. The van der Waals surface area contributed by atoms with Crippen LogP contribution in [-0.2, 0) is 5.75 Å². The normalized spacial score (nSPS) is 12.6. The van der Waals surface area contributed by atoms with E-state index >= 15 is 0 Å². The molecular weight excluding hydrogens is 232 g/mol. The first kappa shape index (κ1) is 12.2. The highest BCUT2D eigenvalue weighted by molar-refractivity contribution is 7.98. The molecule has 1 heterocycles. The number of benzene rings is 1. The molecule has 0 bridgehead atoms. The average molecular weight is 248 g/mol. The molecule has 0 N–H and O–H groups in total. The van der Waals surface area contributed by atoms with Crippen LogP contribution in [-0.4, -0.2) is 16.0 Å². The van der Waals surface area contributed by atoms with Gasteiger partial charge in [-0.05, 0) is 11.5 Å². The van der Waals surface area contributed by atoms with Gasteiger partial charge < -0.3 is 4.42 Å². The van der Waals surface area contributed by atoms with Crippen LogP contribution in [0.15, 0.2) is 34.7 Å². The molecule has 1 atom stereocenters. The monoisotopic (exact) mass is 248 g/mol. The quantitative estimate of drug-likeness (QED) is 0.812.